The normalized spacial score (nSPS) is 21.2. The van der Waals surface area contributed by atoms with Crippen LogP contribution in [0.3, 0.4) is 0 Å². The van der Waals surface area contributed by atoms with Crippen LogP contribution in [0, 0.1) is 5.41 Å². The minimum absolute atomic E-state index is 0.0168. The Kier molecular flexibility index (Phi) is 9.30. The Morgan fingerprint density at radius 2 is 1.71 bits per heavy atom. The van der Waals surface area contributed by atoms with E-state index in [2.05, 4.69) is 20.6 Å². The molecule has 0 spiro atoms. The van der Waals surface area contributed by atoms with Gasteiger partial charge in [0.05, 0.1) is 28.6 Å². The summed E-state index contributed by atoms with van der Waals surface area (Å²) >= 11 is 0. The number of nitrogens with two attached hydrogens (primary N) is 2. The zero-order valence-corrected chi connectivity index (χ0v) is 25.9. The van der Waals surface area contributed by atoms with E-state index in [1.54, 1.807) is 38.1 Å². The van der Waals surface area contributed by atoms with Crippen LogP contribution in [0.25, 0.3) is 33.5 Å². The lowest BCUT2D eigenvalue weighted by atomic mass is 9.80. The number of hydrogen-bond donors (Lipinski definition) is 12. The number of nitrogens with one attached hydrogen (secondary N) is 4. The maximum absolute atomic E-state index is 13.8. The van der Waals surface area contributed by atoms with Crippen molar-refractivity contribution in [2.24, 2.45) is 11.5 Å². The molecule has 1 aliphatic heterocycles. The molecule has 14 N–H and O–H groups in total. The number of primary amides is 1. The molecule has 48 heavy (non-hydrogen) atoms. The molecule has 1 aromatic heterocycles. The van der Waals surface area contributed by atoms with Crippen molar-refractivity contribution in [3.8, 4) is 34.0 Å². The molecular weight excluding hydrogens is 626 g/mol. The number of nitrogen functional groups attached to an aromatic ring is 1. The van der Waals surface area contributed by atoms with E-state index < -0.39 is 54.6 Å². The second kappa shape index (κ2) is 13.1. The minimum Gasteiger partial charge on any atom is -0.507 e. The number of phenolic OH excluding ortho intramolecular Hbond substituents is 2. The fourth-order valence-electron chi connectivity index (χ4n) is 5.50. The highest BCUT2D eigenvalue weighted by Crippen LogP contribution is 2.44. The van der Waals surface area contributed by atoms with E-state index in [-0.39, 0.29) is 46.4 Å². The number of benzene rings is 3. The predicted molar refractivity (Wildman–Crippen MR) is 173 cm³/mol. The van der Waals surface area contributed by atoms with Gasteiger partial charge in [-0.3, -0.25) is 10.2 Å². The van der Waals surface area contributed by atoms with Gasteiger partial charge in [0, 0.05) is 23.2 Å². The summed E-state index contributed by atoms with van der Waals surface area (Å²) in [5, 5.41) is 76.2. The Hall–Kier alpha value is -5.26. The van der Waals surface area contributed by atoms with Gasteiger partial charge >= 0.3 is 6.03 Å². The third-order valence-corrected chi connectivity index (χ3v) is 8.46. The average molecular weight is 664 g/mol. The fraction of sp³-hybridized carbons (Fsp3) is 0.312. The van der Waals surface area contributed by atoms with Gasteiger partial charge in [-0.2, -0.15) is 0 Å². The van der Waals surface area contributed by atoms with Crippen molar-refractivity contribution in [2.45, 2.75) is 56.5 Å². The van der Waals surface area contributed by atoms with Gasteiger partial charge < -0.3 is 62.5 Å². The molecule has 16 nitrogen and oxygen atoms in total. The zero-order chi connectivity index (χ0) is 35.1. The van der Waals surface area contributed by atoms with Crippen LogP contribution in [0.15, 0.2) is 48.5 Å². The molecule has 2 heterocycles. The van der Waals surface area contributed by atoms with Crippen LogP contribution in [0.5, 0.6) is 11.5 Å². The number of aliphatic hydroxyl groups excluding tert-OH is 4. The van der Waals surface area contributed by atoms with Gasteiger partial charge in [0.25, 0.3) is 0 Å². The third kappa shape index (κ3) is 6.47. The Bertz CT molecular complexity index is 1890. The summed E-state index contributed by atoms with van der Waals surface area (Å²) in [6.07, 6.45) is -6.30. The molecule has 0 bridgehead atoms. The Morgan fingerprint density at radius 1 is 1.00 bits per heavy atom. The predicted octanol–water partition coefficient (Wildman–Crippen LogP) is -0.0458. The number of hydrogen-bond acceptors (Lipinski definition) is 11. The van der Waals surface area contributed by atoms with E-state index in [9.17, 15) is 40.2 Å². The summed E-state index contributed by atoms with van der Waals surface area (Å²) in [7, 11) is 0. The number of H-pyrrole nitrogens is 1. The lowest BCUT2D eigenvalue weighted by molar-refractivity contribution is -0.254. The standard InChI is InChI=1S/C32H37N7O9/c1-32(2,30(46)39-23-26(44)25(43)22(12-40)48-29(23)45)15-9-17(16-7-13(3-6-21(16)41)11-36-31(35)47)24(42)18(10-15)28-37-19-5-4-14(27(33)34)8-20(19)38-28/h3-10,22-23,25-26,29,40-45H,11-12H2,1-2H3,(H3,33,34)(H,37,38)(H,39,46)(H3,35,36,47). The number of urea groups is 1. The molecule has 1 fully saturated rings. The lowest BCUT2D eigenvalue weighted by Gasteiger charge is -2.41. The van der Waals surface area contributed by atoms with Gasteiger partial charge in [-0.05, 0) is 67.4 Å². The van der Waals surface area contributed by atoms with Gasteiger partial charge in [0.2, 0.25) is 5.91 Å². The molecule has 16 heteroatoms. The number of rotatable bonds is 9. The third-order valence-electron chi connectivity index (χ3n) is 8.46. The van der Waals surface area contributed by atoms with E-state index in [0.29, 0.717) is 27.7 Å². The van der Waals surface area contributed by atoms with Crippen molar-refractivity contribution in [1.29, 1.82) is 5.41 Å². The zero-order valence-electron chi connectivity index (χ0n) is 25.9. The van der Waals surface area contributed by atoms with Crippen molar-refractivity contribution >= 4 is 28.8 Å². The minimum atomic E-state index is -1.75. The van der Waals surface area contributed by atoms with Crippen LogP contribution in [0.4, 0.5) is 4.79 Å². The molecule has 5 rings (SSSR count). The fourth-order valence-corrected chi connectivity index (χ4v) is 5.50. The number of aromatic hydroxyl groups is 2. The average Bonchev–Trinajstić information content (AvgIpc) is 3.47. The number of amides is 3. The highest BCUT2D eigenvalue weighted by atomic mass is 16.6. The van der Waals surface area contributed by atoms with Gasteiger partial charge in [-0.1, -0.05) is 6.07 Å². The molecule has 1 saturated heterocycles. The molecule has 3 amide bonds. The van der Waals surface area contributed by atoms with Crippen molar-refractivity contribution in [3.63, 3.8) is 0 Å². The van der Waals surface area contributed by atoms with Crippen molar-refractivity contribution in [2.75, 3.05) is 6.61 Å². The first-order valence-electron chi connectivity index (χ1n) is 14.8. The number of phenols is 2. The highest BCUT2D eigenvalue weighted by molar-refractivity contribution is 5.98. The number of aliphatic hydroxyl groups is 4. The molecule has 3 aromatic carbocycles. The number of amidine groups is 1. The van der Waals surface area contributed by atoms with E-state index in [0.717, 1.165) is 0 Å². The van der Waals surface area contributed by atoms with E-state index >= 15 is 0 Å². The van der Waals surface area contributed by atoms with Crippen LogP contribution in [-0.4, -0.2) is 95.6 Å². The quantitative estimate of drug-likeness (QED) is 0.0833. The summed E-state index contributed by atoms with van der Waals surface area (Å²) in [5.41, 5.74) is 12.0. The largest absolute Gasteiger partial charge is 0.507 e. The molecule has 0 aliphatic carbocycles. The van der Waals surface area contributed by atoms with Crippen LogP contribution in [0.1, 0.15) is 30.5 Å². The lowest BCUT2D eigenvalue weighted by Crippen LogP contribution is -2.65. The van der Waals surface area contributed by atoms with E-state index in [1.807, 2.05) is 0 Å². The van der Waals surface area contributed by atoms with Gasteiger partial charge in [-0.15, -0.1) is 0 Å². The summed E-state index contributed by atoms with van der Waals surface area (Å²) in [6, 6.07) is 10.1. The van der Waals surface area contributed by atoms with Crippen molar-refractivity contribution < 1.29 is 45.0 Å². The van der Waals surface area contributed by atoms with Crippen LogP contribution >= 0.6 is 0 Å². The molecule has 4 aromatic rings. The van der Waals surface area contributed by atoms with Gasteiger partial charge in [-0.25, -0.2) is 9.78 Å². The number of ether oxygens (including phenoxy) is 1. The maximum atomic E-state index is 13.8. The Balaban J connectivity index is 1.63. The SMILES string of the molecule is CC(C)(C(=O)NC1C(O)OC(CO)C(O)C1O)c1cc(-c2nc3cc(C(=N)N)ccc3[nH]2)c(O)c(-c2cc(CNC(N)=O)ccc2O)c1. The number of nitrogens with zero attached hydrogens (tertiary/aromatic N) is 1. The molecule has 1 aliphatic rings. The molecule has 0 saturated carbocycles. The molecule has 5 atom stereocenters. The maximum Gasteiger partial charge on any atom is 0.312 e. The summed E-state index contributed by atoms with van der Waals surface area (Å²) in [6.45, 7) is 2.43. The Labute approximate surface area is 273 Å². The number of fused-ring (bicyclic) bond motifs is 1. The second-order valence-corrected chi connectivity index (χ2v) is 12.1. The second-order valence-electron chi connectivity index (χ2n) is 12.1. The number of aromatic amines is 1. The topological polar surface area (TPSA) is 293 Å². The van der Waals surface area contributed by atoms with Crippen molar-refractivity contribution in [3.05, 3.63) is 65.2 Å². The molecule has 5 unspecified atom stereocenters. The smallest absolute Gasteiger partial charge is 0.312 e. The Morgan fingerprint density at radius 3 is 2.38 bits per heavy atom. The molecule has 254 valence electrons. The highest BCUT2D eigenvalue weighted by Gasteiger charge is 2.46. The monoisotopic (exact) mass is 663 g/mol. The van der Waals surface area contributed by atoms with Crippen LogP contribution in [-0.2, 0) is 21.5 Å². The van der Waals surface area contributed by atoms with Gasteiger partial charge in [0.1, 0.15) is 47.5 Å². The first kappa shape index (κ1) is 34.1. The first-order chi connectivity index (χ1) is 22.6. The number of imidazole rings is 1. The van der Waals surface area contributed by atoms with E-state index in [1.165, 1.54) is 24.3 Å². The number of carbonyl (C=O) groups is 2. The van der Waals surface area contributed by atoms with E-state index in [4.69, 9.17) is 21.6 Å². The molecule has 0 radical (unpaired) electrons. The number of carbonyl (C=O) groups excluding carboxylic acids is 2. The van der Waals surface area contributed by atoms with Crippen LogP contribution in [0.2, 0.25) is 0 Å². The molecular formula is C32H37N7O9. The van der Waals surface area contributed by atoms with Gasteiger partial charge in [0.15, 0.2) is 6.29 Å². The first-order valence-corrected chi connectivity index (χ1v) is 14.8. The summed E-state index contributed by atoms with van der Waals surface area (Å²) in [4.78, 5) is 32.9. The van der Waals surface area contributed by atoms with Crippen LogP contribution < -0.4 is 22.1 Å². The number of aromatic nitrogens is 2. The summed E-state index contributed by atoms with van der Waals surface area (Å²) in [5.74, 6) is -1.25. The van der Waals surface area contributed by atoms with Crippen molar-refractivity contribution in [1.82, 2.24) is 20.6 Å². The summed E-state index contributed by atoms with van der Waals surface area (Å²) < 4.78 is 5.18.